The number of ketones is 1. The van der Waals surface area contributed by atoms with Crippen molar-refractivity contribution in [3.05, 3.63) is 33.8 Å². The zero-order valence-electron chi connectivity index (χ0n) is 10.8. The van der Waals surface area contributed by atoms with Gasteiger partial charge in [-0.15, -0.1) is 11.3 Å². The molecule has 0 aromatic carbocycles. The van der Waals surface area contributed by atoms with Crippen molar-refractivity contribution >= 4 is 17.1 Å². The highest BCUT2D eigenvalue weighted by atomic mass is 32.1. The van der Waals surface area contributed by atoms with E-state index < -0.39 is 0 Å². The first-order valence-electron chi connectivity index (χ1n) is 5.82. The number of carbonyl (C=O) groups excluding carboxylic acids is 1. The normalized spacial score (nSPS) is 10.6. The van der Waals surface area contributed by atoms with Crippen molar-refractivity contribution in [1.82, 2.24) is 9.78 Å². The maximum atomic E-state index is 12.2. The third-order valence-corrected chi connectivity index (χ3v) is 3.77. The Bertz CT molecular complexity index is 557. The molecule has 0 aliphatic heterocycles. The molecule has 0 spiro atoms. The standard InChI is InChI=1S/C13H16N2O2S/c1-4-9-7-10(15(2)14-9)8-11(16)13-12(17-3)5-6-18-13/h5-7H,4,8H2,1-3H3. The lowest BCUT2D eigenvalue weighted by Gasteiger charge is -2.02. The van der Waals surface area contributed by atoms with Crippen LogP contribution in [0.2, 0.25) is 0 Å². The van der Waals surface area contributed by atoms with E-state index in [1.807, 2.05) is 24.6 Å². The summed E-state index contributed by atoms with van der Waals surface area (Å²) in [5, 5.41) is 6.21. The van der Waals surface area contributed by atoms with E-state index in [0.717, 1.165) is 17.8 Å². The van der Waals surface area contributed by atoms with Crippen LogP contribution in [-0.2, 0) is 19.9 Å². The Kier molecular flexibility index (Phi) is 3.81. The Hall–Kier alpha value is -1.62. The van der Waals surface area contributed by atoms with Gasteiger partial charge in [0.1, 0.15) is 10.6 Å². The molecule has 0 atom stereocenters. The van der Waals surface area contributed by atoms with Crippen LogP contribution in [0.3, 0.4) is 0 Å². The van der Waals surface area contributed by atoms with Gasteiger partial charge in [0.2, 0.25) is 0 Å². The Morgan fingerprint density at radius 3 is 2.94 bits per heavy atom. The van der Waals surface area contributed by atoms with Crippen molar-refractivity contribution in [3.8, 4) is 5.75 Å². The van der Waals surface area contributed by atoms with Gasteiger partial charge in [-0.3, -0.25) is 9.48 Å². The molecule has 0 aliphatic carbocycles. The van der Waals surface area contributed by atoms with Crippen LogP contribution >= 0.6 is 11.3 Å². The monoisotopic (exact) mass is 264 g/mol. The predicted molar refractivity (Wildman–Crippen MR) is 71.5 cm³/mol. The first-order chi connectivity index (χ1) is 8.65. The highest BCUT2D eigenvalue weighted by Gasteiger charge is 2.16. The molecule has 2 heterocycles. The molecule has 0 amide bonds. The van der Waals surface area contributed by atoms with Crippen LogP contribution in [0.1, 0.15) is 28.0 Å². The summed E-state index contributed by atoms with van der Waals surface area (Å²) in [6.07, 6.45) is 1.24. The fourth-order valence-electron chi connectivity index (χ4n) is 1.82. The molecule has 0 radical (unpaired) electrons. The fraction of sp³-hybridized carbons (Fsp3) is 0.385. The molecule has 2 rings (SSSR count). The molecule has 0 unspecified atom stereocenters. The van der Waals surface area contributed by atoms with E-state index in [4.69, 9.17) is 4.74 Å². The Morgan fingerprint density at radius 1 is 1.56 bits per heavy atom. The number of rotatable bonds is 5. The molecule has 0 bridgehead atoms. The molecule has 0 fully saturated rings. The lowest BCUT2D eigenvalue weighted by Crippen LogP contribution is -2.07. The largest absolute Gasteiger partial charge is 0.495 e. The van der Waals surface area contributed by atoms with Crippen molar-refractivity contribution in [1.29, 1.82) is 0 Å². The third kappa shape index (κ3) is 2.46. The molecular weight excluding hydrogens is 248 g/mol. The maximum Gasteiger partial charge on any atom is 0.182 e. The summed E-state index contributed by atoms with van der Waals surface area (Å²) in [5.41, 5.74) is 1.95. The molecule has 0 saturated heterocycles. The average molecular weight is 264 g/mol. The molecule has 2 aromatic heterocycles. The minimum Gasteiger partial charge on any atom is -0.495 e. The second-order valence-electron chi connectivity index (χ2n) is 4.02. The van der Waals surface area contributed by atoms with Crippen molar-refractivity contribution in [2.24, 2.45) is 7.05 Å². The van der Waals surface area contributed by atoms with Gasteiger partial charge in [0.25, 0.3) is 0 Å². The molecule has 0 saturated carbocycles. The van der Waals surface area contributed by atoms with Crippen LogP contribution < -0.4 is 4.74 Å². The number of Topliss-reactive ketones (excluding diaryl/α,β-unsaturated/α-hetero) is 1. The van der Waals surface area contributed by atoms with Gasteiger partial charge in [0.05, 0.1) is 19.2 Å². The second-order valence-corrected chi connectivity index (χ2v) is 4.94. The number of hydrogen-bond donors (Lipinski definition) is 0. The van der Waals surface area contributed by atoms with Crippen molar-refractivity contribution in [2.75, 3.05) is 7.11 Å². The van der Waals surface area contributed by atoms with E-state index in [9.17, 15) is 4.79 Å². The summed E-state index contributed by atoms with van der Waals surface area (Å²) < 4.78 is 6.94. The van der Waals surface area contributed by atoms with Crippen LogP contribution in [0.5, 0.6) is 5.75 Å². The first-order valence-corrected chi connectivity index (χ1v) is 6.70. The quantitative estimate of drug-likeness (QED) is 0.779. The Morgan fingerprint density at radius 2 is 2.33 bits per heavy atom. The summed E-state index contributed by atoms with van der Waals surface area (Å²) in [6, 6.07) is 3.80. The zero-order chi connectivity index (χ0) is 13.1. The second kappa shape index (κ2) is 5.35. The average Bonchev–Trinajstić information content (AvgIpc) is 2.96. The van der Waals surface area contributed by atoms with E-state index in [1.165, 1.54) is 11.3 Å². The number of carbonyl (C=O) groups is 1. The van der Waals surface area contributed by atoms with Gasteiger partial charge in [-0.2, -0.15) is 5.10 Å². The molecule has 0 N–H and O–H groups in total. The van der Waals surface area contributed by atoms with E-state index in [1.54, 1.807) is 11.8 Å². The van der Waals surface area contributed by atoms with E-state index >= 15 is 0 Å². The summed E-state index contributed by atoms with van der Waals surface area (Å²) in [5.74, 6) is 0.732. The van der Waals surface area contributed by atoms with Gasteiger partial charge in [0, 0.05) is 12.7 Å². The zero-order valence-corrected chi connectivity index (χ0v) is 11.6. The molecule has 96 valence electrons. The van der Waals surface area contributed by atoms with Crippen molar-refractivity contribution in [2.45, 2.75) is 19.8 Å². The highest BCUT2D eigenvalue weighted by Crippen LogP contribution is 2.26. The van der Waals surface area contributed by atoms with Crippen LogP contribution in [0, 0.1) is 0 Å². The van der Waals surface area contributed by atoms with Gasteiger partial charge in [0.15, 0.2) is 5.78 Å². The number of aryl methyl sites for hydroxylation is 2. The topological polar surface area (TPSA) is 44.1 Å². The van der Waals surface area contributed by atoms with Gasteiger partial charge >= 0.3 is 0 Å². The molecule has 2 aromatic rings. The van der Waals surface area contributed by atoms with Crippen molar-refractivity contribution < 1.29 is 9.53 Å². The number of thiophene rings is 1. The molecule has 5 heteroatoms. The van der Waals surface area contributed by atoms with Gasteiger partial charge < -0.3 is 4.74 Å². The molecular formula is C13H16N2O2S. The van der Waals surface area contributed by atoms with Crippen LogP contribution in [0.4, 0.5) is 0 Å². The van der Waals surface area contributed by atoms with Crippen LogP contribution in [0.25, 0.3) is 0 Å². The summed E-state index contributed by atoms with van der Waals surface area (Å²) >= 11 is 1.42. The van der Waals surface area contributed by atoms with Crippen molar-refractivity contribution in [3.63, 3.8) is 0 Å². The minimum absolute atomic E-state index is 0.0764. The number of methoxy groups -OCH3 is 1. The maximum absolute atomic E-state index is 12.2. The molecule has 18 heavy (non-hydrogen) atoms. The summed E-state index contributed by atoms with van der Waals surface area (Å²) in [4.78, 5) is 12.9. The lowest BCUT2D eigenvalue weighted by molar-refractivity contribution is 0.0992. The predicted octanol–water partition coefficient (Wildman–Crippen LogP) is 2.48. The smallest absolute Gasteiger partial charge is 0.182 e. The first kappa shape index (κ1) is 12.8. The number of aromatic nitrogens is 2. The van der Waals surface area contributed by atoms with Crippen LogP contribution in [0.15, 0.2) is 17.5 Å². The minimum atomic E-state index is 0.0764. The van der Waals surface area contributed by atoms with Gasteiger partial charge in [-0.05, 0) is 23.9 Å². The molecule has 0 aliphatic rings. The van der Waals surface area contributed by atoms with E-state index in [0.29, 0.717) is 17.0 Å². The summed E-state index contributed by atoms with van der Waals surface area (Å²) in [7, 11) is 3.45. The number of nitrogens with zero attached hydrogens (tertiary/aromatic N) is 2. The van der Waals surface area contributed by atoms with E-state index in [-0.39, 0.29) is 5.78 Å². The van der Waals surface area contributed by atoms with Gasteiger partial charge in [-0.1, -0.05) is 6.92 Å². The lowest BCUT2D eigenvalue weighted by atomic mass is 10.1. The Labute approximate surface area is 110 Å². The SMILES string of the molecule is CCc1cc(CC(=O)c2sccc2OC)n(C)n1. The van der Waals surface area contributed by atoms with Crippen LogP contribution in [-0.4, -0.2) is 22.7 Å². The molecule has 4 nitrogen and oxygen atoms in total. The number of ether oxygens (including phenoxy) is 1. The third-order valence-electron chi connectivity index (χ3n) is 2.83. The number of hydrogen-bond acceptors (Lipinski definition) is 4. The van der Waals surface area contributed by atoms with Gasteiger partial charge in [-0.25, -0.2) is 0 Å². The summed E-state index contributed by atoms with van der Waals surface area (Å²) in [6.45, 7) is 2.05. The fourth-order valence-corrected chi connectivity index (χ4v) is 2.61. The van der Waals surface area contributed by atoms with E-state index in [2.05, 4.69) is 12.0 Å². The Balaban J connectivity index is 2.18. The highest BCUT2D eigenvalue weighted by molar-refractivity contribution is 7.12.